The second-order valence-electron chi connectivity index (χ2n) is 9.27. The Hall–Kier alpha value is -2.89. The molecule has 1 aromatic heterocycles. The molecule has 2 fully saturated rings. The zero-order valence-corrected chi connectivity index (χ0v) is 19.8. The standard InChI is InChI=1S/C23H27F3N4O4S/c24-23(25,26)34-15-5-6-16-17(11-15)35-21(29-16)30-20(33)12-22(8-2-1-3-9-22)13-27-19(32)10-14-4-7-18(31)28-14/h5-6,11,14H,1-4,7-10,12-13H2,(H,27,32)(H,28,31)(H,29,30,33)/t14-/m0/s1. The van der Waals surface area contributed by atoms with Crippen molar-refractivity contribution in [1.29, 1.82) is 0 Å². The fourth-order valence-electron chi connectivity index (χ4n) is 4.79. The van der Waals surface area contributed by atoms with E-state index in [4.69, 9.17) is 0 Å². The van der Waals surface area contributed by atoms with Crippen LogP contribution in [0.5, 0.6) is 5.75 Å². The highest BCUT2D eigenvalue weighted by molar-refractivity contribution is 7.22. The lowest BCUT2D eigenvalue weighted by Gasteiger charge is -2.37. The van der Waals surface area contributed by atoms with Gasteiger partial charge in [-0.2, -0.15) is 0 Å². The van der Waals surface area contributed by atoms with Crippen molar-refractivity contribution in [2.45, 2.75) is 70.2 Å². The molecule has 4 rings (SSSR count). The summed E-state index contributed by atoms with van der Waals surface area (Å²) < 4.78 is 41.8. The lowest BCUT2D eigenvalue weighted by molar-refractivity contribution is -0.274. The summed E-state index contributed by atoms with van der Waals surface area (Å²) in [6, 6.07) is 3.68. The number of carbonyl (C=O) groups excluding carboxylic acids is 3. The van der Waals surface area contributed by atoms with Gasteiger partial charge in [0.15, 0.2) is 5.13 Å². The predicted octanol–water partition coefficient (Wildman–Crippen LogP) is 4.26. The van der Waals surface area contributed by atoms with Crippen LogP contribution in [0.1, 0.15) is 57.8 Å². The van der Waals surface area contributed by atoms with Crippen LogP contribution in [0.25, 0.3) is 10.2 Å². The zero-order valence-electron chi connectivity index (χ0n) is 19.0. The molecule has 2 aliphatic rings. The number of aromatic nitrogens is 1. The monoisotopic (exact) mass is 512 g/mol. The third-order valence-electron chi connectivity index (χ3n) is 6.47. The van der Waals surface area contributed by atoms with E-state index >= 15 is 0 Å². The van der Waals surface area contributed by atoms with Crippen LogP contribution in [0, 0.1) is 5.41 Å². The smallest absolute Gasteiger partial charge is 0.406 e. The predicted molar refractivity (Wildman–Crippen MR) is 124 cm³/mol. The number of alkyl halides is 3. The minimum absolute atomic E-state index is 0.0397. The van der Waals surface area contributed by atoms with E-state index in [9.17, 15) is 27.6 Å². The van der Waals surface area contributed by atoms with Gasteiger partial charge in [0, 0.05) is 37.9 Å². The van der Waals surface area contributed by atoms with Crippen LogP contribution >= 0.6 is 11.3 Å². The molecule has 1 aliphatic heterocycles. The number of carbonyl (C=O) groups is 3. The Bertz CT molecular complexity index is 1100. The lowest BCUT2D eigenvalue weighted by Crippen LogP contribution is -2.42. The number of nitrogens with zero attached hydrogens (tertiary/aromatic N) is 1. The molecule has 0 spiro atoms. The summed E-state index contributed by atoms with van der Waals surface area (Å²) in [6.07, 6.45) is 1.32. The van der Waals surface area contributed by atoms with E-state index in [1.54, 1.807) is 0 Å². The van der Waals surface area contributed by atoms with E-state index in [0.29, 0.717) is 34.7 Å². The number of benzene rings is 1. The molecule has 0 radical (unpaired) electrons. The first-order valence-electron chi connectivity index (χ1n) is 11.6. The van der Waals surface area contributed by atoms with Crippen LogP contribution in [0.4, 0.5) is 18.3 Å². The molecule has 1 aromatic carbocycles. The molecule has 190 valence electrons. The minimum Gasteiger partial charge on any atom is -0.406 e. The molecule has 3 N–H and O–H groups in total. The highest BCUT2D eigenvalue weighted by Gasteiger charge is 2.35. The molecule has 12 heteroatoms. The SMILES string of the molecule is O=C(C[C@@H]1CCC(=O)N1)NCC1(CC(=O)Nc2nc3ccc(OC(F)(F)F)cc3s2)CCCCC1. The summed E-state index contributed by atoms with van der Waals surface area (Å²) in [5.41, 5.74) is 0.0832. The van der Waals surface area contributed by atoms with Gasteiger partial charge in [-0.25, -0.2) is 4.98 Å². The molecule has 1 aliphatic carbocycles. The summed E-state index contributed by atoms with van der Waals surface area (Å²) in [7, 11) is 0. The molecule has 1 atom stereocenters. The summed E-state index contributed by atoms with van der Waals surface area (Å²) in [5, 5.41) is 8.81. The lowest BCUT2D eigenvalue weighted by atomic mass is 9.71. The second kappa shape index (κ2) is 10.4. The summed E-state index contributed by atoms with van der Waals surface area (Å²) in [5.74, 6) is -0.789. The first kappa shape index (κ1) is 25.2. The number of halogens is 3. The van der Waals surface area contributed by atoms with Crippen molar-refractivity contribution in [3.05, 3.63) is 18.2 Å². The van der Waals surface area contributed by atoms with Crippen LogP contribution in [-0.2, 0) is 14.4 Å². The number of fused-ring (bicyclic) bond motifs is 1. The average molecular weight is 513 g/mol. The molecule has 0 unspecified atom stereocenters. The van der Waals surface area contributed by atoms with Crippen molar-refractivity contribution < 1.29 is 32.3 Å². The largest absolute Gasteiger partial charge is 0.573 e. The van der Waals surface area contributed by atoms with Gasteiger partial charge in [0.2, 0.25) is 17.7 Å². The Morgan fingerprint density at radius 3 is 2.66 bits per heavy atom. The van der Waals surface area contributed by atoms with Crippen molar-refractivity contribution in [2.24, 2.45) is 5.41 Å². The van der Waals surface area contributed by atoms with E-state index in [0.717, 1.165) is 43.4 Å². The fourth-order valence-corrected chi connectivity index (χ4v) is 5.70. The van der Waals surface area contributed by atoms with E-state index in [1.165, 1.54) is 18.2 Å². The van der Waals surface area contributed by atoms with Crippen molar-refractivity contribution in [1.82, 2.24) is 15.6 Å². The topological polar surface area (TPSA) is 109 Å². The molecule has 0 bridgehead atoms. The Kier molecular flexibility index (Phi) is 7.48. The number of ether oxygens (including phenoxy) is 1. The van der Waals surface area contributed by atoms with Crippen molar-refractivity contribution >= 4 is 44.4 Å². The maximum absolute atomic E-state index is 12.9. The molecule has 2 aromatic rings. The number of hydrogen-bond donors (Lipinski definition) is 3. The van der Waals surface area contributed by atoms with Crippen LogP contribution in [-0.4, -0.2) is 41.7 Å². The zero-order chi connectivity index (χ0) is 25.1. The second-order valence-corrected chi connectivity index (χ2v) is 10.3. The maximum atomic E-state index is 12.9. The van der Waals surface area contributed by atoms with Crippen LogP contribution < -0.4 is 20.7 Å². The van der Waals surface area contributed by atoms with E-state index in [1.807, 2.05) is 0 Å². The van der Waals surface area contributed by atoms with E-state index in [-0.39, 0.29) is 47.8 Å². The number of anilines is 1. The highest BCUT2D eigenvalue weighted by atomic mass is 32.1. The van der Waals surface area contributed by atoms with Gasteiger partial charge in [-0.05, 0) is 36.8 Å². The first-order chi connectivity index (χ1) is 16.6. The third-order valence-corrected chi connectivity index (χ3v) is 7.40. The van der Waals surface area contributed by atoms with Gasteiger partial charge < -0.3 is 20.7 Å². The van der Waals surface area contributed by atoms with E-state index in [2.05, 4.69) is 25.7 Å². The summed E-state index contributed by atoms with van der Waals surface area (Å²) in [6.45, 7) is 0.373. The number of nitrogens with one attached hydrogen (secondary N) is 3. The van der Waals surface area contributed by atoms with Gasteiger partial charge in [0.05, 0.1) is 10.2 Å². The fraction of sp³-hybridized carbons (Fsp3) is 0.565. The van der Waals surface area contributed by atoms with Gasteiger partial charge in [0.1, 0.15) is 5.75 Å². The molecular formula is C23H27F3N4O4S. The Labute approximate surface area is 204 Å². The van der Waals surface area contributed by atoms with Gasteiger partial charge in [-0.1, -0.05) is 30.6 Å². The molecule has 3 amide bonds. The highest BCUT2D eigenvalue weighted by Crippen LogP contribution is 2.39. The van der Waals surface area contributed by atoms with Crippen LogP contribution in [0.3, 0.4) is 0 Å². The normalized spacial score (nSPS) is 19.9. The first-order valence-corrected chi connectivity index (χ1v) is 12.4. The Morgan fingerprint density at radius 2 is 1.97 bits per heavy atom. The van der Waals surface area contributed by atoms with Crippen molar-refractivity contribution in [2.75, 3.05) is 11.9 Å². The number of amides is 3. The molecule has 35 heavy (non-hydrogen) atoms. The molecular weight excluding hydrogens is 485 g/mol. The van der Waals surface area contributed by atoms with Crippen LogP contribution in [0.2, 0.25) is 0 Å². The molecule has 2 heterocycles. The van der Waals surface area contributed by atoms with Gasteiger partial charge in [-0.15, -0.1) is 13.2 Å². The van der Waals surface area contributed by atoms with Gasteiger partial charge in [-0.3, -0.25) is 14.4 Å². The van der Waals surface area contributed by atoms with Crippen molar-refractivity contribution in [3.8, 4) is 5.75 Å². The quantitative estimate of drug-likeness (QED) is 0.490. The maximum Gasteiger partial charge on any atom is 0.573 e. The van der Waals surface area contributed by atoms with Gasteiger partial charge >= 0.3 is 6.36 Å². The molecule has 1 saturated carbocycles. The summed E-state index contributed by atoms with van der Waals surface area (Å²) in [4.78, 5) is 41.0. The average Bonchev–Trinajstić information content (AvgIpc) is 3.36. The van der Waals surface area contributed by atoms with E-state index < -0.39 is 6.36 Å². The number of hydrogen-bond acceptors (Lipinski definition) is 6. The minimum atomic E-state index is -4.79. The Morgan fingerprint density at radius 1 is 1.20 bits per heavy atom. The summed E-state index contributed by atoms with van der Waals surface area (Å²) >= 11 is 1.07. The van der Waals surface area contributed by atoms with Gasteiger partial charge in [0.25, 0.3) is 0 Å². The Balaban J connectivity index is 1.36. The van der Waals surface area contributed by atoms with Crippen molar-refractivity contribution in [3.63, 3.8) is 0 Å². The third kappa shape index (κ3) is 7.06. The molecule has 8 nitrogen and oxygen atoms in total. The van der Waals surface area contributed by atoms with Crippen LogP contribution in [0.15, 0.2) is 18.2 Å². The number of thiazole rings is 1. The molecule has 1 saturated heterocycles. The number of rotatable bonds is 8.